The number of aryl methyl sites for hydroxylation is 1. The van der Waals surface area contributed by atoms with Crippen LogP contribution in [-0.2, 0) is 9.47 Å². The summed E-state index contributed by atoms with van der Waals surface area (Å²) in [5, 5.41) is 4.00. The number of thiazole rings is 1. The molecule has 0 aliphatic carbocycles. The smallest absolute Gasteiger partial charge is 0.350 e. The molecule has 0 aliphatic heterocycles. The number of hydrogen-bond donors (Lipinski definition) is 1. The van der Waals surface area contributed by atoms with Crippen molar-refractivity contribution in [3.8, 4) is 0 Å². The van der Waals surface area contributed by atoms with Crippen LogP contribution < -0.4 is 5.32 Å². The van der Waals surface area contributed by atoms with Gasteiger partial charge in [-0.05, 0) is 18.8 Å². The molecule has 0 atom stereocenters. The molecular formula is C13H22N2O3S. The normalized spacial score (nSPS) is 11.4. The zero-order valence-electron chi connectivity index (χ0n) is 12.2. The molecule has 0 radical (unpaired) electrons. The van der Waals surface area contributed by atoms with Crippen LogP contribution in [0.2, 0.25) is 0 Å². The minimum Gasteiger partial charge on any atom is -0.465 e. The Balaban J connectivity index is 2.53. The lowest BCUT2D eigenvalue weighted by Gasteiger charge is -2.23. The van der Waals surface area contributed by atoms with Crippen molar-refractivity contribution in [2.75, 3.05) is 32.7 Å². The standard InChI is InChI=1S/C13H22N2O3S/c1-9-10(11(16)18-5)19-12(15-9)14-7-6-13(2,3)8-17-4/h6-8H2,1-5H3,(H,14,15). The first-order valence-electron chi connectivity index (χ1n) is 6.18. The molecule has 0 saturated heterocycles. The molecule has 5 nitrogen and oxygen atoms in total. The summed E-state index contributed by atoms with van der Waals surface area (Å²) in [5.74, 6) is -0.331. The number of carbonyl (C=O) groups is 1. The van der Waals surface area contributed by atoms with Crippen molar-refractivity contribution in [3.63, 3.8) is 0 Å². The fourth-order valence-corrected chi connectivity index (χ4v) is 2.64. The van der Waals surface area contributed by atoms with E-state index in [-0.39, 0.29) is 11.4 Å². The lowest BCUT2D eigenvalue weighted by molar-refractivity contribution is 0.0605. The number of nitrogens with one attached hydrogen (secondary N) is 1. The van der Waals surface area contributed by atoms with Gasteiger partial charge in [0.25, 0.3) is 0 Å². The zero-order valence-corrected chi connectivity index (χ0v) is 13.0. The van der Waals surface area contributed by atoms with E-state index in [0.717, 1.165) is 24.7 Å². The number of carbonyl (C=O) groups excluding carboxylic acids is 1. The van der Waals surface area contributed by atoms with Gasteiger partial charge in [0.2, 0.25) is 0 Å². The first-order chi connectivity index (χ1) is 8.89. The monoisotopic (exact) mass is 286 g/mol. The molecule has 1 heterocycles. The molecule has 0 unspecified atom stereocenters. The number of anilines is 1. The van der Waals surface area contributed by atoms with Gasteiger partial charge in [-0.25, -0.2) is 9.78 Å². The highest BCUT2D eigenvalue weighted by Crippen LogP contribution is 2.25. The Labute approximate surface area is 118 Å². The van der Waals surface area contributed by atoms with Crippen LogP contribution >= 0.6 is 11.3 Å². The van der Waals surface area contributed by atoms with Crippen molar-refractivity contribution in [2.24, 2.45) is 5.41 Å². The number of esters is 1. The number of aromatic nitrogens is 1. The van der Waals surface area contributed by atoms with E-state index >= 15 is 0 Å². The second-order valence-corrected chi connectivity index (χ2v) is 6.20. The van der Waals surface area contributed by atoms with E-state index in [9.17, 15) is 4.79 Å². The zero-order chi connectivity index (χ0) is 14.5. The lowest BCUT2D eigenvalue weighted by Crippen LogP contribution is -2.22. The van der Waals surface area contributed by atoms with Crippen molar-refractivity contribution in [2.45, 2.75) is 27.2 Å². The third-order valence-electron chi connectivity index (χ3n) is 2.78. The predicted octanol–water partition coefficient (Wildman–Crippen LogP) is 2.71. The Bertz CT molecular complexity index is 430. The Morgan fingerprint density at radius 2 is 2.11 bits per heavy atom. The molecular weight excluding hydrogens is 264 g/mol. The van der Waals surface area contributed by atoms with Crippen LogP contribution in [-0.4, -0.2) is 38.3 Å². The van der Waals surface area contributed by atoms with Gasteiger partial charge < -0.3 is 14.8 Å². The number of ether oxygens (including phenoxy) is 2. The summed E-state index contributed by atoms with van der Waals surface area (Å²) in [6, 6.07) is 0. The van der Waals surface area contributed by atoms with Crippen LogP contribution in [0.4, 0.5) is 5.13 Å². The molecule has 0 bridgehead atoms. The lowest BCUT2D eigenvalue weighted by atomic mass is 9.90. The number of nitrogens with zero attached hydrogens (tertiary/aromatic N) is 1. The summed E-state index contributed by atoms with van der Waals surface area (Å²) in [6.07, 6.45) is 0.965. The van der Waals surface area contributed by atoms with E-state index < -0.39 is 0 Å². The highest BCUT2D eigenvalue weighted by Gasteiger charge is 2.18. The fraction of sp³-hybridized carbons (Fsp3) is 0.692. The molecule has 0 aromatic carbocycles. The second-order valence-electron chi connectivity index (χ2n) is 5.20. The van der Waals surface area contributed by atoms with Gasteiger partial charge in [-0.3, -0.25) is 0 Å². The van der Waals surface area contributed by atoms with Crippen molar-refractivity contribution in [3.05, 3.63) is 10.6 Å². The largest absolute Gasteiger partial charge is 0.465 e. The fourth-order valence-electron chi connectivity index (χ4n) is 1.72. The molecule has 0 saturated carbocycles. The summed E-state index contributed by atoms with van der Waals surface area (Å²) in [4.78, 5) is 16.3. The molecule has 1 aromatic rings. The van der Waals surface area contributed by atoms with Gasteiger partial charge in [0.1, 0.15) is 4.88 Å². The van der Waals surface area contributed by atoms with Crippen molar-refractivity contribution < 1.29 is 14.3 Å². The van der Waals surface area contributed by atoms with Crippen LogP contribution in [0.5, 0.6) is 0 Å². The van der Waals surface area contributed by atoms with Gasteiger partial charge in [-0.2, -0.15) is 0 Å². The second kappa shape index (κ2) is 6.86. The van der Waals surface area contributed by atoms with Gasteiger partial charge >= 0.3 is 5.97 Å². The molecule has 108 valence electrons. The van der Waals surface area contributed by atoms with Gasteiger partial charge in [-0.1, -0.05) is 25.2 Å². The third-order valence-corrected chi connectivity index (χ3v) is 3.88. The predicted molar refractivity (Wildman–Crippen MR) is 77.0 cm³/mol. The first kappa shape index (κ1) is 15.9. The molecule has 0 aliphatic rings. The van der Waals surface area contributed by atoms with Crippen LogP contribution in [0.15, 0.2) is 0 Å². The maximum absolute atomic E-state index is 11.5. The topological polar surface area (TPSA) is 60.5 Å². The van der Waals surface area contributed by atoms with Gasteiger partial charge in [-0.15, -0.1) is 0 Å². The summed E-state index contributed by atoms with van der Waals surface area (Å²) in [5.41, 5.74) is 0.828. The van der Waals surface area contributed by atoms with E-state index in [1.165, 1.54) is 18.4 Å². The highest BCUT2D eigenvalue weighted by atomic mass is 32.1. The summed E-state index contributed by atoms with van der Waals surface area (Å²) in [6.45, 7) is 7.64. The highest BCUT2D eigenvalue weighted by molar-refractivity contribution is 7.17. The Morgan fingerprint density at radius 3 is 2.68 bits per heavy atom. The molecule has 1 rings (SSSR count). The molecule has 0 spiro atoms. The molecule has 1 aromatic heterocycles. The molecule has 19 heavy (non-hydrogen) atoms. The maximum atomic E-state index is 11.5. The van der Waals surface area contributed by atoms with E-state index in [0.29, 0.717) is 10.6 Å². The number of methoxy groups -OCH3 is 2. The Morgan fingerprint density at radius 1 is 1.42 bits per heavy atom. The molecule has 0 fully saturated rings. The average molecular weight is 286 g/mol. The minimum absolute atomic E-state index is 0.124. The van der Waals surface area contributed by atoms with Crippen LogP contribution in [0.25, 0.3) is 0 Å². The third kappa shape index (κ3) is 4.80. The van der Waals surface area contributed by atoms with Crippen molar-refractivity contribution in [1.29, 1.82) is 0 Å². The van der Waals surface area contributed by atoms with Crippen molar-refractivity contribution >= 4 is 22.4 Å². The van der Waals surface area contributed by atoms with Crippen molar-refractivity contribution in [1.82, 2.24) is 4.98 Å². The number of rotatable bonds is 7. The quantitative estimate of drug-likeness (QED) is 0.781. The van der Waals surface area contributed by atoms with Gasteiger partial charge in [0.15, 0.2) is 5.13 Å². The SMILES string of the molecule is COCC(C)(C)CCNc1nc(C)c(C(=O)OC)s1. The van der Waals surface area contributed by atoms with Gasteiger partial charge in [0, 0.05) is 13.7 Å². The molecule has 1 N–H and O–H groups in total. The Hall–Kier alpha value is -1.14. The summed E-state index contributed by atoms with van der Waals surface area (Å²) < 4.78 is 9.88. The van der Waals surface area contributed by atoms with E-state index in [1.54, 1.807) is 7.11 Å². The Kier molecular flexibility index (Phi) is 5.75. The average Bonchev–Trinajstić information content (AvgIpc) is 2.69. The maximum Gasteiger partial charge on any atom is 0.350 e. The van der Waals surface area contributed by atoms with Crippen LogP contribution in [0.3, 0.4) is 0 Å². The summed E-state index contributed by atoms with van der Waals surface area (Å²) in [7, 11) is 3.09. The minimum atomic E-state index is -0.331. The molecule has 6 heteroatoms. The van der Waals surface area contributed by atoms with E-state index in [2.05, 4.69) is 24.1 Å². The van der Waals surface area contributed by atoms with Gasteiger partial charge in [0.05, 0.1) is 19.4 Å². The van der Waals surface area contributed by atoms with E-state index in [1.807, 2.05) is 6.92 Å². The summed E-state index contributed by atoms with van der Waals surface area (Å²) >= 11 is 1.33. The van der Waals surface area contributed by atoms with Crippen LogP contribution in [0, 0.1) is 12.3 Å². The van der Waals surface area contributed by atoms with E-state index in [4.69, 9.17) is 9.47 Å². The van der Waals surface area contributed by atoms with Crippen LogP contribution in [0.1, 0.15) is 35.6 Å². The first-order valence-corrected chi connectivity index (χ1v) is 7.00. The molecule has 0 amide bonds. The number of hydrogen-bond acceptors (Lipinski definition) is 6.